The van der Waals surface area contributed by atoms with Gasteiger partial charge in [-0.05, 0) is 62.7 Å². The van der Waals surface area contributed by atoms with Gasteiger partial charge in [-0.1, -0.05) is 35.1 Å². The fraction of sp³-hybridized carbons (Fsp3) is 0.259. The standard InChI is InChI=1S/C27H24ClN3O5S/c1-4-34-20-9-6-17(7-10-20)24-23(26(33)35-5-2)16(3)30-27-31(24)25(32)22(37-27)15-18-14-19(28)8-11-21(18)36-13-12-29/h6-11,14-15,24H,4-5,13H2,1-3H3/b22-15-/t24-/m0/s1. The molecule has 0 bridgehead atoms. The molecule has 0 spiro atoms. The molecule has 0 unspecified atom stereocenters. The number of fused-ring (bicyclic) bond motifs is 1. The van der Waals surface area contributed by atoms with Gasteiger partial charge in [0.15, 0.2) is 11.4 Å². The number of allylic oxidation sites excluding steroid dienone is 1. The van der Waals surface area contributed by atoms with Crippen LogP contribution in [0.4, 0.5) is 0 Å². The molecule has 190 valence electrons. The minimum Gasteiger partial charge on any atom is -0.494 e. The van der Waals surface area contributed by atoms with Gasteiger partial charge in [0, 0.05) is 10.6 Å². The zero-order chi connectivity index (χ0) is 26.5. The van der Waals surface area contributed by atoms with E-state index in [0.29, 0.717) is 54.9 Å². The third-order valence-corrected chi connectivity index (χ3v) is 6.79. The van der Waals surface area contributed by atoms with E-state index in [0.717, 1.165) is 0 Å². The van der Waals surface area contributed by atoms with Crippen molar-refractivity contribution in [3.8, 4) is 17.6 Å². The zero-order valence-electron chi connectivity index (χ0n) is 20.5. The molecule has 0 radical (unpaired) electrons. The molecule has 1 aromatic heterocycles. The Hall–Kier alpha value is -3.87. The molecule has 2 heterocycles. The second-order valence-electron chi connectivity index (χ2n) is 7.93. The summed E-state index contributed by atoms with van der Waals surface area (Å²) in [6.45, 7) is 5.92. The Morgan fingerprint density at radius 3 is 2.62 bits per heavy atom. The first kappa shape index (κ1) is 26.2. The van der Waals surface area contributed by atoms with Crippen LogP contribution in [-0.4, -0.2) is 30.4 Å². The number of aromatic nitrogens is 1. The minimum atomic E-state index is -0.734. The van der Waals surface area contributed by atoms with Gasteiger partial charge in [-0.3, -0.25) is 9.36 Å². The number of carbonyl (C=O) groups excluding carboxylic acids is 1. The number of benzene rings is 2. The number of hydrogen-bond acceptors (Lipinski definition) is 8. The summed E-state index contributed by atoms with van der Waals surface area (Å²) >= 11 is 7.38. The van der Waals surface area contributed by atoms with Gasteiger partial charge in [0.25, 0.3) is 5.56 Å². The molecular weight excluding hydrogens is 514 g/mol. The maximum absolute atomic E-state index is 13.8. The second-order valence-corrected chi connectivity index (χ2v) is 9.38. The number of esters is 1. The lowest BCUT2D eigenvalue weighted by atomic mass is 9.96. The molecule has 2 aromatic carbocycles. The zero-order valence-corrected chi connectivity index (χ0v) is 22.1. The highest BCUT2D eigenvalue weighted by Gasteiger charge is 2.33. The molecule has 0 amide bonds. The van der Waals surface area contributed by atoms with Crippen LogP contribution >= 0.6 is 22.9 Å². The minimum absolute atomic E-state index is 0.149. The Labute approximate surface area is 222 Å². The molecule has 37 heavy (non-hydrogen) atoms. The predicted molar refractivity (Wildman–Crippen MR) is 141 cm³/mol. The lowest BCUT2D eigenvalue weighted by Crippen LogP contribution is -2.39. The lowest BCUT2D eigenvalue weighted by Gasteiger charge is -2.24. The Kier molecular flexibility index (Phi) is 8.11. The number of nitrogens with zero attached hydrogens (tertiary/aromatic N) is 3. The van der Waals surface area contributed by atoms with Crippen molar-refractivity contribution < 1.29 is 19.0 Å². The van der Waals surface area contributed by atoms with Crippen LogP contribution in [0.1, 0.15) is 37.9 Å². The Morgan fingerprint density at radius 2 is 1.95 bits per heavy atom. The normalized spacial score (nSPS) is 15.0. The Balaban J connectivity index is 1.91. The van der Waals surface area contributed by atoms with Gasteiger partial charge < -0.3 is 14.2 Å². The third kappa shape index (κ3) is 5.45. The fourth-order valence-electron chi connectivity index (χ4n) is 4.03. The predicted octanol–water partition coefficient (Wildman–Crippen LogP) is 3.75. The van der Waals surface area contributed by atoms with E-state index < -0.39 is 12.0 Å². The summed E-state index contributed by atoms with van der Waals surface area (Å²) < 4.78 is 18.3. The van der Waals surface area contributed by atoms with Gasteiger partial charge in [-0.2, -0.15) is 5.26 Å². The van der Waals surface area contributed by atoms with Crippen molar-refractivity contribution >= 4 is 35.0 Å². The Morgan fingerprint density at radius 1 is 1.19 bits per heavy atom. The molecule has 8 nitrogen and oxygen atoms in total. The summed E-state index contributed by atoms with van der Waals surface area (Å²) in [5.41, 5.74) is 1.71. The summed E-state index contributed by atoms with van der Waals surface area (Å²) in [7, 11) is 0. The molecule has 1 atom stereocenters. The molecule has 1 aliphatic heterocycles. The van der Waals surface area contributed by atoms with Crippen molar-refractivity contribution in [2.45, 2.75) is 26.8 Å². The fourth-order valence-corrected chi connectivity index (χ4v) is 5.25. The van der Waals surface area contributed by atoms with Gasteiger partial charge in [0.1, 0.15) is 17.6 Å². The van der Waals surface area contributed by atoms with E-state index in [9.17, 15) is 9.59 Å². The summed E-state index contributed by atoms with van der Waals surface area (Å²) in [5, 5.41) is 9.36. The van der Waals surface area contributed by atoms with Crippen LogP contribution in [0.2, 0.25) is 5.02 Å². The largest absolute Gasteiger partial charge is 0.494 e. The quantitative estimate of drug-likeness (QED) is 0.405. The summed E-state index contributed by atoms with van der Waals surface area (Å²) in [4.78, 5) is 31.8. The van der Waals surface area contributed by atoms with Gasteiger partial charge in [0.05, 0.1) is 35.1 Å². The van der Waals surface area contributed by atoms with Gasteiger partial charge in [0.2, 0.25) is 0 Å². The maximum atomic E-state index is 13.8. The van der Waals surface area contributed by atoms with Gasteiger partial charge >= 0.3 is 5.97 Å². The molecule has 0 saturated heterocycles. The monoisotopic (exact) mass is 537 g/mol. The van der Waals surface area contributed by atoms with Gasteiger partial charge in [-0.15, -0.1) is 0 Å². The number of halogens is 1. The molecule has 3 aromatic rings. The topological polar surface area (TPSA) is 103 Å². The SMILES string of the molecule is CCOC(=O)C1=C(C)N=c2s/c(=C\c3cc(Cl)ccc3OCC#N)c(=O)n2[C@H]1c1ccc(OCC)cc1. The first-order valence-corrected chi connectivity index (χ1v) is 12.8. The van der Waals surface area contributed by atoms with Gasteiger partial charge in [-0.25, -0.2) is 9.79 Å². The number of nitriles is 1. The summed E-state index contributed by atoms with van der Waals surface area (Å²) in [6.07, 6.45) is 1.65. The number of rotatable bonds is 8. The molecule has 10 heteroatoms. The molecule has 0 aliphatic carbocycles. The van der Waals surface area contributed by atoms with E-state index in [1.54, 1.807) is 50.3 Å². The van der Waals surface area contributed by atoms with E-state index in [1.807, 2.05) is 25.1 Å². The van der Waals surface area contributed by atoms with Crippen molar-refractivity contribution in [3.05, 3.63) is 89.6 Å². The molecular formula is C27H24ClN3O5S. The third-order valence-electron chi connectivity index (χ3n) is 5.57. The van der Waals surface area contributed by atoms with E-state index in [4.69, 9.17) is 31.1 Å². The van der Waals surface area contributed by atoms with E-state index in [-0.39, 0.29) is 18.8 Å². The number of hydrogen-bond donors (Lipinski definition) is 0. The molecule has 0 fully saturated rings. The van der Waals surface area contributed by atoms with Crippen molar-refractivity contribution in [1.82, 2.24) is 4.57 Å². The van der Waals surface area contributed by atoms with Crippen LogP contribution in [0.25, 0.3) is 6.08 Å². The van der Waals surface area contributed by atoms with Crippen molar-refractivity contribution in [2.75, 3.05) is 19.8 Å². The van der Waals surface area contributed by atoms with Crippen molar-refractivity contribution in [1.29, 1.82) is 5.26 Å². The van der Waals surface area contributed by atoms with E-state index >= 15 is 0 Å². The van der Waals surface area contributed by atoms with Crippen LogP contribution in [0, 0.1) is 11.3 Å². The average molecular weight is 538 g/mol. The van der Waals surface area contributed by atoms with Crippen LogP contribution < -0.4 is 24.4 Å². The highest BCUT2D eigenvalue weighted by Crippen LogP contribution is 2.32. The maximum Gasteiger partial charge on any atom is 0.338 e. The number of carbonyl (C=O) groups is 1. The lowest BCUT2D eigenvalue weighted by molar-refractivity contribution is -0.139. The van der Waals surface area contributed by atoms with Crippen LogP contribution in [0.3, 0.4) is 0 Å². The molecule has 1 aliphatic rings. The number of thiazole rings is 1. The highest BCUT2D eigenvalue weighted by atomic mass is 35.5. The molecule has 4 rings (SSSR count). The highest BCUT2D eigenvalue weighted by molar-refractivity contribution is 7.07. The summed E-state index contributed by atoms with van der Waals surface area (Å²) in [5.74, 6) is 0.574. The number of ether oxygens (including phenoxy) is 3. The summed E-state index contributed by atoms with van der Waals surface area (Å²) in [6, 6.07) is 13.4. The van der Waals surface area contributed by atoms with Crippen LogP contribution in [0.5, 0.6) is 11.5 Å². The smallest absolute Gasteiger partial charge is 0.338 e. The average Bonchev–Trinajstić information content (AvgIpc) is 3.18. The second kappa shape index (κ2) is 11.5. The van der Waals surface area contributed by atoms with Crippen molar-refractivity contribution in [3.63, 3.8) is 0 Å². The van der Waals surface area contributed by atoms with Crippen molar-refractivity contribution in [2.24, 2.45) is 4.99 Å². The van der Waals surface area contributed by atoms with Crippen LogP contribution in [0.15, 0.2) is 63.5 Å². The first-order valence-electron chi connectivity index (χ1n) is 11.6. The molecule has 0 saturated carbocycles. The van der Waals surface area contributed by atoms with E-state index in [2.05, 4.69) is 4.99 Å². The molecule has 0 N–H and O–H groups in total. The Bertz CT molecular complexity index is 1580. The first-order chi connectivity index (χ1) is 17.9. The van der Waals surface area contributed by atoms with E-state index in [1.165, 1.54) is 15.9 Å². The van der Waals surface area contributed by atoms with Crippen LogP contribution in [-0.2, 0) is 9.53 Å².